The van der Waals surface area contributed by atoms with Crippen LogP contribution in [-0.2, 0) is 23.9 Å². The van der Waals surface area contributed by atoms with Gasteiger partial charge in [0, 0.05) is 25.2 Å². The quantitative estimate of drug-likeness (QED) is 0.543. The SMILES string of the molecule is CCCC(=O)C1=CCC2C(CCC3(C)C(OC(C)=O)CCC23)C1(C)CCC(=O)OC. The van der Waals surface area contributed by atoms with Gasteiger partial charge in [0.05, 0.1) is 7.11 Å². The maximum Gasteiger partial charge on any atom is 0.305 e. The minimum absolute atomic E-state index is 0.00521. The van der Waals surface area contributed by atoms with Crippen LogP contribution >= 0.6 is 0 Å². The van der Waals surface area contributed by atoms with Crippen molar-refractivity contribution < 1.29 is 23.9 Å². The molecule has 30 heavy (non-hydrogen) atoms. The summed E-state index contributed by atoms with van der Waals surface area (Å²) in [6.07, 6.45) is 9.47. The van der Waals surface area contributed by atoms with E-state index in [4.69, 9.17) is 9.47 Å². The van der Waals surface area contributed by atoms with E-state index >= 15 is 0 Å². The lowest BCUT2D eigenvalue weighted by molar-refractivity contribution is -0.156. The Balaban J connectivity index is 1.91. The number of rotatable bonds is 7. The molecule has 6 unspecified atom stereocenters. The first-order valence-electron chi connectivity index (χ1n) is 11.6. The highest BCUT2D eigenvalue weighted by atomic mass is 16.5. The van der Waals surface area contributed by atoms with Crippen LogP contribution in [0.15, 0.2) is 11.6 Å². The maximum atomic E-state index is 13.0. The highest BCUT2D eigenvalue weighted by molar-refractivity contribution is 5.96. The van der Waals surface area contributed by atoms with E-state index in [1.807, 2.05) is 6.92 Å². The Labute approximate surface area is 181 Å². The van der Waals surface area contributed by atoms with Crippen molar-refractivity contribution in [2.75, 3.05) is 7.11 Å². The molecule has 0 N–H and O–H groups in total. The highest BCUT2D eigenvalue weighted by Gasteiger charge is 2.59. The van der Waals surface area contributed by atoms with Gasteiger partial charge in [-0.3, -0.25) is 14.4 Å². The van der Waals surface area contributed by atoms with Gasteiger partial charge in [0.25, 0.3) is 0 Å². The lowest BCUT2D eigenvalue weighted by Crippen LogP contribution is -2.51. The van der Waals surface area contributed by atoms with E-state index in [1.165, 1.54) is 14.0 Å². The molecule has 0 aromatic rings. The molecule has 0 saturated heterocycles. The van der Waals surface area contributed by atoms with Gasteiger partial charge < -0.3 is 9.47 Å². The molecule has 5 nitrogen and oxygen atoms in total. The third-order valence-corrected chi connectivity index (χ3v) is 8.54. The Morgan fingerprint density at radius 1 is 1.10 bits per heavy atom. The van der Waals surface area contributed by atoms with Crippen molar-refractivity contribution >= 4 is 17.7 Å². The van der Waals surface area contributed by atoms with Crippen LogP contribution in [0.4, 0.5) is 0 Å². The molecule has 0 spiro atoms. The summed E-state index contributed by atoms with van der Waals surface area (Å²) < 4.78 is 10.6. The van der Waals surface area contributed by atoms with Crippen molar-refractivity contribution in [3.63, 3.8) is 0 Å². The van der Waals surface area contributed by atoms with Crippen LogP contribution in [0.3, 0.4) is 0 Å². The molecule has 2 saturated carbocycles. The number of Topliss-reactive ketones (excluding diaryl/α,β-unsaturated/α-hetero) is 1. The number of fused-ring (bicyclic) bond motifs is 3. The van der Waals surface area contributed by atoms with Crippen LogP contribution in [0, 0.1) is 28.6 Å². The monoisotopic (exact) mass is 418 g/mol. The largest absolute Gasteiger partial charge is 0.469 e. The second kappa shape index (κ2) is 8.84. The van der Waals surface area contributed by atoms with Crippen LogP contribution in [0.25, 0.3) is 0 Å². The smallest absolute Gasteiger partial charge is 0.305 e. The van der Waals surface area contributed by atoms with E-state index in [0.29, 0.717) is 37.0 Å². The van der Waals surface area contributed by atoms with Crippen molar-refractivity contribution in [3.05, 3.63) is 11.6 Å². The normalized spacial score (nSPS) is 37.6. The van der Waals surface area contributed by atoms with Crippen LogP contribution < -0.4 is 0 Å². The molecule has 0 aromatic heterocycles. The number of hydrogen-bond donors (Lipinski definition) is 0. The fraction of sp³-hybridized carbons (Fsp3) is 0.800. The van der Waals surface area contributed by atoms with E-state index in [9.17, 15) is 14.4 Å². The van der Waals surface area contributed by atoms with Gasteiger partial charge in [0.15, 0.2) is 5.78 Å². The standard InChI is InChI=1S/C25H38O5/c1-6-7-21(27)20-9-8-17-18-10-11-22(30-16(2)26)25(18,4)14-12-19(17)24(20,3)15-13-23(28)29-5/h9,17-19,22H,6-8,10-15H2,1-5H3. The Morgan fingerprint density at radius 2 is 1.83 bits per heavy atom. The van der Waals surface area contributed by atoms with Gasteiger partial charge in [-0.2, -0.15) is 0 Å². The van der Waals surface area contributed by atoms with E-state index in [0.717, 1.165) is 44.1 Å². The fourth-order valence-electron chi connectivity index (χ4n) is 7.02. The third kappa shape index (κ3) is 3.97. The van der Waals surface area contributed by atoms with Crippen molar-refractivity contribution in [1.29, 1.82) is 0 Å². The molecule has 2 fully saturated rings. The third-order valence-electron chi connectivity index (χ3n) is 8.54. The number of hydrogen-bond acceptors (Lipinski definition) is 5. The van der Waals surface area contributed by atoms with Gasteiger partial charge >= 0.3 is 11.9 Å². The number of allylic oxidation sites excluding steroid dienone is 2. The number of ether oxygens (including phenoxy) is 2. The Bertz CT molecular complexity index is 725. The molecule has 0 radical (unpaired) electrons. The topological polar surface area (TPSA) is 69.7 Å². The molecular weight excluding hydrogens is 380 g/mol. The molecule has 3 rings (SSSR count). The zero-order valence-electron chi connectivity index (χ0n) is 19.3. The Kier molecular flexibility index (Phi) is 6.78. The van der Waals surface area contributed by atoms with Gasteiger partial charge in [-0.25, -0.2) is 0 Å². The number of carbonyl (C=O) groups excluding carboxylic acids is 3. The summed E-state index contributed by atoms with van der Waals surface area (Å²) in [6, 6.07) is 0. The minimum atomic E-state index is -0.301. The number of ketones is 1. The van der Waals surface area contributed by atoms with Gasteiger partial charge in [-0.1, -0.05) is 26.8 Å². The molecule has 3 aliphatic rings. The summed E-state index contributed by atoms with van der Waals surface area (Å²) in [4.78, 5) is 36.6. The maximum absolute atomic E-state index is 13.0. The Hall–Kier alpha value is -1.65. The van der Waals surface area contributed by atoms with Crippen LogP contribution in [0.5, 0.6) is 0 Å². The summed E-state index contributed by atoms with van der Waals surface area (Å²) >= 11 is 0. The van der Waals surface area contributed by atoms with Gasteiger partial charge in [0.1, 0.15) is 6.10 Å². The van der Waals surface area contributed by atoms with Crippen molar-refractivity contribution in [3.8, 4) is 0 Å². The van der Waals surface area contributed by atoms with Crippen LogP contribution in [0.2, 0.25) is 0 Å². The fourth-order valence-corrected chi connectivity index (χ4v) is 7.02. The Morgan fingerprint density at radius 3 is 2.47 bits per heavy atom. The predicted octanol–water partition coefficient (Wildman–Crippen LogP) is 5.02. The average Bonchev–Trinajstić information content (AvgIpc) is 3.02. The van der Waals surface area contributed by atoms with Gasteiger partial charge in [0.2, 0.25) is 0 Å². The first kappa shape index (κ1) is 23.0. The number of methoxy groups -OCH3 is 1. The molecule has 3 aliphatic carbocycles. The average molecular weight is 419 g/mol. The molecule has 0 aromatic carbocycles. The summed E-state index contributed by atoms with van der Waals surface area (Å²) in [5, 5.41) is 0. The van der Waals surface area contributed by atoms with Gasteiger partial charge in [-0.05, 0) is 73.7 Å². The first-order valence-corrected chi connectivity index (χ1v) is 11.6. The van der Waals surface area contributed by atoms with Crippen LogP contribution in [-0.4, -0.2) is 30.9 Å². The van der Waals surface area contributed by atoms with E-state index in [2.05, 4.69) is 19.9 Å². The van der Waals surface area contributed by atoms with Gasteiger partial charge in [-0.15, -0.1) is 0 Å². The van der Waals surface area contributed by atoms with E-state index in [-0.39, 0.29) is 34.7 Å². The van der Waals surface area contributed by atoms with E-state index in [1.54, 1.807) is 0 Å². The molecule has 0 aliphatic heterocycles. The molecule has 0 bridgehead atoms. The van der Waals surface area contributed by atoms with Crippen molar-refractivity contribution in [2.24, 2.45) is 28.6 Å². The number of carbonyl (C=O) groups is 3. The van der Waals surface area contributed by atoms with Crippen molar-refractivity contribution in [1.82, 2.24) is 0 Å². The molecule has 5 heteroatoms. The zero-order valence-corrected chi connectivity index (χ0v) is 19.3. The molecule has 168 valence electrons. The molecule has 0 heterocycles. The predicted molar refractivity (Wildman–Crippen MR) is 115 cm³/mol. The van der Waals surface area contributed by atoms with Crippen molar-refractivity contribution in [2.45, 2.75) is 91.6 Å². The lowest BCUT2D eigenvalue weighted by atomic mass is 9.49. The van der Waals surface area contributed by atoms with E-state index < -0.39 is 0 Å². The van der Waals surface area contributed by atoms with Crippen LogP contribution in [0.1, 0.15) is 85.5 Å². The summed E-state index contributed by atoms with van der Waals surface area (Å²) in [7, 11) is 1.42. The zero-order chi connectivity index (χ0) is 22.1. The summed E-state index contributed by atoms with van der Waals surface area (Å²) in [6.45, 7) is 8.03. The summed E-state index contributed by atoms with van der Waals surface area (Å²) in [5.41, 5.74) is 0.645. The highest BCUT2D eigenvalue weighted by Crippen LogP contribution is 2.64. The second-order valence-corrected chi connectivity index (χ2v) is 10.1. The first-order chi connectivity index (χ1) is 14.2. The molecular formula is C25H38O5. The summed E-state index contributed by atoms with van der Waals surface area (Å²) in [5.74, 6) is 1.15. The molecule has 0 amide bonds. The minimum Gasteiger partial charge on any atom is -0.469 e. The molecule has 6 atom stereocenters. The second-order valence-electron chi connectivity index (χ2n) is 10.1. The lowest BCUT2D eigenvalue weighted by Gasteiger charge is -2.56. The number of esters is 2.